The molecule has 0 aliphatic heterocycles. The fourth-order valence-electron chi connectivity index (χ4n) is 14.8. The Morgan fingerprint density at radius 3 is 1.07 bits per heavy atom. The lowest BCUT2D eigenvalue weighted by molar-refractivity contribution is 0.320. The summed E-state index contributed by atoms with van der Waals surface area (Å²) in [5, 5.41) is 0. The first-order chi connectivity index (χ1) is 41.1. The minimum Gasteiger partial charge on any atom is -0.208 e. The zero-order valence-electron chi connectivity index (χ0n) is 46.1. The second kappa shape index (κ2) is 20.0. The number of fused-ring (bicyclic) bond motifs is 10. The van der Waals surface area contributed by atoms with Gasteiger partial charge in [-0.1, -0.05) is 249 Å². The van der Waals surface area contributed by atoms with Crippen molar-refractivity contribution in [2.75, 3.05) is 0 Å². The van der Waals surface area contributed by atoms with Crippen molar-refractivity contribution < 1.29 is 0 Å². The lowest BCUT2D eigenvalue weighted by Crippen LogP contribution is -2.30. The molecule has 16 rings (SSSR count). The average Bonchev–Trinajstić information content (AvgIpc) is 2.36. The Kier molecular flexibility index (Phi) is 11.8. The SMILES string of the molecule is c1ccc(-c2cccc(-c3nc(-c4cccc(-c5ccc(C6CCC7(CC6)c6ccccc6-c6c(-c8nc(-c9ccccc9)nc(-c9ccccc9)n8)cccc67)cc5)c4)nc(-c4cccc5c4-c4ccccc4C54CCCC4)n3)c2)cc1. The van der Waals surface area contributed by atoms with E-state index in [2.05, 4.69) is 212 Å². The van der Waals surface area contributed by atoms with Crippen molar-refractivity contribution in [3.63, 3.8) is 0 Å². The second-order valence-electron chi connectivity index (χ2n) is 23.2. The molecule has 0 unspecified atom stereocenters. The molecule has 2 aromatic heterocycles. The molecule has 0 radical (unpaired) electrons. The fourth-order valence-corrected chi connectivity index (χ4v) is 14.8. The molecule has 0 bridgehead atoms. The van der Waals surface area contributed by atoms with E-state index in [1.807, 2.05) is 36.4 Å². The molecule has 12 aromatic rings. The molecule has 2 spiro atoms. The highest BCUT2D eigenvalue weighted by atomic mass is 15.0. The minimum atomic E-state index is -0.0982. The molecule has 2 saturated carbocycles. The van der Waals surface area contributed by atoms with Gasteiger partial charge in [0.1, 0.15) is 0 Å². The Morgan fingerprint density at radius 1 is 0.253 bits per heavy atom. The maximum atomic E-state index is 5.43. The van der Waals surface area contributed by atoms with Crippen molar-refractivity contribution in [1.29, 1.82) is 0 Å². The third kappa shape index (κ3) is 8.29. The maximum Gasteiger partial charge on any atom is 0.164 e. The summed E-state index contributed by atoms with van der Waals surface area (Å²) in [5.41, 5.74) is 22.7. The summed E-state index contributed by atoms with van der Waals surface area (Å²) >= 11 is 0. The normalized spacial score (nSPS) is 17.0. The number of aromatic nitrogens is 6. The van der Waals surface area contributed by atoms with Crippen molar-refractivity contribution in [2.24, 2.45) is 0 Å². The topological polar surface area (TPSA) is 77.3 Å². The summed E-state index contributed by atoms with van der Waals surface area (Å²) in [6.45, 7) is 0. The Balaban J connectivity index is 0.716. The third-order valence-corrected chi connectivity index (χ3v) is 18.8. The van der Waals surface area contributed by atoms with Gasteiger partial charge in [0.05, 0.1) is 0 Å². The molecule has 6 heteroatoms. The Morgan fingerprint density at radius 2 is 0.590 bits per heavy atom. The van der Waals surface area contributed by atoms with Crippen molar-refractivity contribution in [1.82, 2.24) is 29.9 Å². The van der Waals surface area contributed by atoms with E-state index in [1.165, 1.54) is 81.3 Å². The van der Waals surface area contributed by atoms with Crippen molar-refractivity contribution in [3.05, 3.63) is 277 Å². The summed E-state index contributed by atoms with van der Waals surface area (Å²) in [5.74, 6) is 4.52. The molecular formula is C77H58N6. The highest BCUT2D eigenvalue weighted by Crippen LogP contribution is 2.61. The third-order valence-electron chi connectivity index (χ3n) is 18.8. The van der Waals surface area contributed by atoms with Crippen LogP contribution in [0.1, 0.15) is 85.1 Å². The van der Waals surface area contributed by atoms with E-state index in [4.69, 9.17) is 29.9 Å². The number of rotatable bonds is 9. The van der Waals surface area contributed by atoms with Crippen LogP contribution >= 0.6 is 0 Å². The van der Waals surface area contributed by atoms with E-state index in [9.17, 15) is 0 Å². The van der Waals surface area contributed by atoms with Crippen LogP contribution in [0.2, 0.25) is 0 Å². The van der Waals surface area contributed by atoms with Crippen molar-refractivity contribution in [3.8, 4) is 113 Å². The van der Waals surface area contributed by atoms with Crippen LogP contribution in [0.5, 0.6) is 0 Å². The zero-order valence-corrected chi connectivity index (χ0v) is 46.1. The van der Waals surface area contributed by atoms with Crippen LogP contribution in [0, 0.1) is 0 Å². The summed E-state index contributed by atoms with van der Waals surface area (Å²) < 4.78 is 0. The first kappa shape index (κ1) is 49.1. The van der Waals surface area contributed by atoms with Crippen molar-refractivity contribution in [2.45, 2.75) is 68.1 Å². The molecule has 4 aliphatic carbocycles. The largest absolute Gasteiger partial charge is 0.208 e. The molecule has 2 heterocycles. The summed E-state index contributed by atoms with van der Waals surface area (Å²) in [6.07, 6.45) is 9.10. The summed E-state index contributed by atoms with van der Waals surface area (Å²) in [6, 6.07) is 89.6. The lowest BCUT2D eigenvalue weighted by Gasteiger charge is -2.39. The van der Waals surface area contributed by atoms with Gasteiger partial charge < -0.3 is 0 Å². The first-order valence-corrected chi connectivity index (χ1v) is 29.5. The molecule has 4 aliphatic rings. The molecule has 10 aromatic carbocycles. The number of hydrogen-bond donors (Lipinski definition) is 0. The van der Waals surface area contributed by atoms with E-state index >= 15 is 0 Å². The molecule has 2 fully saturated rings. The molecule has 0 amide bonds. The maximum absolute atomic E-state index is 5.43. The molecule has 0 saturated heterocycles. The zero-order chi connectivity index (χ0) is 54.9. The van der Waals surface area contributed by atoms with E-state index in [-0.39, 0.29) is 10.8 Å². The Bertz CT molecular complexity index is 4390. The number of nitrogens with zero attached hydrogens (tertiary/aromatic N) is 6. The molecular weight excluding hydrogens is 1010 g/mol. The van der Waals surface area contributed by atoms with Crippen LogP contribution in [-0.2, 0) is 10.8 Å². The van der Waals surface area contributed by atoms with Gasteiger partial charge in [-0.2, -0.15) is 0 Å². The van der Waals surface area contributed by atoms with Crippen LogP contribution in [0.4, 0.5) is 0 Å². The smallest absolute Gasteiger partial charge is 0.164 e. The van der Waals surface area contributed by atoms with Gasteiger partial charge in [0.15, 0.2) is 34.9 Å². The van der Waals surface area contributed by atoms with E-state index in [0.717, 1.165) is 75.8 Å². The highest BCUT2D eigenvalue weighted by molar-refractivity contribution is 5.93. The van der Waals surface area contributed by atoms with Gasteiger partial charge in [0, 0.05) is 44.2 Å². The van der Waals surface area contributed by atoms with Crippen LogP contribution in [-0.4, -0.2) is 29.9 Å². The molecule has 0 atom stereocenters. The molecule has 0 N–H and O–H groups in total. The van der Waals surface area contributed by atoms with Gasteiger partial charge in [0.25, 0.3) is 0 Å². The lowest BCUT2D eigenvalue weighted by atomic mass is 9.64. The predicted molar refractivity (Wildman–Crippen MR) is 335 cm³/mol. The predicted octanol–water partition coefficient (Wildman–Crippen LogP) is 18.9. The monoisotopic (exact) mass is 1070 g/mol. The van der Waals surface area contributed by atoms with Gasteiger partial charge in [-0.3, -0.25) is 0 Å². The standard InChI is InChI=1S/C77H58N6/c1-4-20-50(21-5-1)56-26-16-28-58(48-56)72-79-73(83-75(82-72)62-32-18-36-66-68(62)60-30-10-12-34-64(60)76(66)44-14-15-45-76)59-29-17-27-57(49-59)52-40-38-51(39-41-52)53-42-46-77(47-43-53)65-35-13-11-31-61(65)69-63(33-19-37-67(69)77)74-80-70(54-22-6-2-7-23-54)78-71(81-74)55-24-8-3-9-25-55/h1-13,16-41,48-49,53H,14-15,42-47H2. The molecule has 6 nitrogen and oxygen atoms in total. The quantitative estimate of drug-likeness (QED) is 0.143. The van der Waals surface area contributed by atoms with E-state index in [1.54, 1.807) is 0 Å². The fraction of sp³-hybridized carbons (Fsp3) is 0.143. The van der Waals surface area contributed by atoms with Crippen molar-refractivity contribution >= 4 is 0 Å². The van der Waals surface area contributed by atoms with Crippen LogP contribution in [0.25, 0.3) is 113 Å². The van der Waals surface area contributed by atoms with Crippen LogP contribution in [0.15, 0.2) is 249 Å². The van der Waals surface area contributed by atoms with Gasteiger partial charge >= 0.3 is 0 Å². The summed E-state index contributed by atoms with van der Waals surface area (Å²) in [7, 11) is 0. The van der Waals surface area contributed by atoms with Gasteiger partial charge in [-0.25, -0.2) is 29.9 Å². The van der Waals surface area contributed by atoms with Gasteiger partial charge in [0.2, 0.25) is 0 Å². The average molecular weight is 1070 g/mol. The van der Waals surface area contributed by atoms with Gasteiger partial charge in [-0.15, -0.1) is 0 Å². The minimum absolute atomic E-state index is 0.0349. The second-order valence-corrected chi connectivity index (χ2v) is 23.2. The van der Waals surface area contributed by atoms with E-state index in [0.29, 0.717) is 40.9 Å². The Hall–Kier alpha value is -9.78. The summed E-state index contributed by atoms with van der Waals surface area (Å²) in [4.78, 5) is 31.6. The van der Waals surface area contributed by atoms with Crippen LogP contribution in [0.3, 0.4) is 0 Å². The highest BCUT2D eigenvalue weighted by Gasteiger charge is 2.48. The van der Waals surface area contributed by atoms with E-state index < -0.39 is 0 Å². The molecule has 396 valence electrons. The Labute approximate surface area is 484 Å². The van der Waals surface area contributed by atoms with Crippen LogP contribution < -0.4 is 0 Å². The molecule has 83 heavy (non-hydrogen) atoms. The number of hydrogen-bond acceptors (Lipinski definition) is 6. The number of benzene rings is 10. The van der Waals surface area contributed by atoms with Gasteiger partial charge in [-0.05, 0) is 129 Å². The first-order valence-electron chi connectivity index (χ1n) is 29.5.